The highest BCUT2D eigenvalue weighted by atomic mass is 16.6. The summed E-state index contributed by atoms with van der Waals surface area (Å²) >= 11 is 0. The van der Waals surface area contributed by atoms with Gasteiger partial charge in [0, 0.05) is 11.1 Å². The second-order valence-corrected chi connectivity index (χ2v) is 3.83. The zero-order chi connectivity index (χ0) is 10.1. The molecule has 0 saturated carbocycles. The van der Waals surface area contributed by atoms with Gasteiger partial charge in [0.1, 0.15) is 0 Å². The summed E-state index contributed by atoms with van der Waals surface area (Å²) in [5, 5.41) is 10.9. The van der Waals surface area contributed by atoms with E-state index >= 15 is 0 Å². The van der Waals surface area contributed by atoms with E-state index in [0.29, 0.717) is 5.69 Å². The topological polar surface area (TPSA) is 43.1 Å². The number of nitro groups is 1. The van der Waals surface area contributed by atoms with Crippen LogP contribution >= 0.6 is 0 Å². The second-order valence-electron chi connectivity index (χ2n) is 3.83. The van der Waals surface area contributed by atoms with Gasteiger partial charge in [0.25, 0.3) is 5.69 Å². The van der Waals surface area contributed by atoms with E-state index in [1.54, 1.807) is 0 Å². The Morgan fingerprint density at radius 2 is 2.00 bits per heavy atom. The first-order chi connectivity index (χ1) is 6.70. The SMILES string of the molecule is Cc1ccc2c(c1[N+](=O)[O-])CCCC2. The van der Waals surface area contributed by atoms with Crippen LogP contribution < -0.4 is 0 Å². The van der Waals surface area contributed by atoms with E-state index < -0.39 is 0 Å². The molecule has 3 nitrogen and oxygen atoms in total. The summed E-state index contributed by atoms with van der Waals surface area (Å²) in [6.45, 7) is 1.81. The highest BCUT2D eigenvalue weighted by Crippen LogP contribution is 2.31. The minimum absolute atomic E-state index is 0.237. The first-order valence-corrected chi connectivity index (χ1v) is 4.96. The highest BCUT2D eigenvalue weighted by molar-refractivity contribution is 5.52. The molecule has 14 heavy (non-hydrogen) atoms. The third-order valence-corrected chi connectivity index (χ3v) is 2.89. The molecule has 0 spiro atoms. The molecule has 74 valence electrons. The Hall–Kier alpha value is -1.38. The quantitative estimate of drug-likeness (QED) is 0.506. The summed E-state index contributed by atoms with van der Waals surface area (Å²) < 4.78 is 0. The number of hydrogen-bond donors (Lipinski definition) is 0. The minimum Gasteiger partial charge on any atom is -0.258 e. The smallest absolute Gasteiger partial charge is 0.258 e. The molecular weight excluding hydrogens is 178 g/mol. The lowest BCUT2D eigenvalue weighted by atomic mass is 9.89. The molecule has 0 fully saturated rings. The van der Waals surface area contributed by atoms with Gasteiger partial charge in [-0.05, 0) is 38.2 Å². The zero-order valence-corrected chi connectivity index (χ0v) is 8.25. The number of benzene rings is 1. The maximum atomic E-state index is 10.9. The molecule has 0 atom stereocenters. The van der Waals surface area contributed by atoms with E-state index in [-0.39, 0.29) is 4.92 Å². The van der Waals surface area contributed by atoms with Crippen molar-refractivity contribution in [3.05, 3.63) is 38.9 Å². The fraction of sp³-hybridized carbons (Fsp3) is 0.455. The molecule has 1 aromatic rings. The van der Waals surface area contributed by atoms with Crippen molar-refractivity contribution in [3.8, 4) is 0 Å². The fourth-order valence-electron chi connectivity index (χ4n) is 2.18. The van der Waals surface area contributed by atoms with Gasteiger partial charge in [-0.2, -0.15) is 0 Å². The second kappa shape index (κ2) is 3.40. The predicted octanol–water partition coefficient (Wildman–Crippen LogP) is 2.78. The maximum absolute atomic E-state index is 10.9. The minimum atomic E-state index is -0.237. The van der Waals surface area contributed by atoms with E-state index in [2.05, 4.69) is 0 Å². The zero-order valence-electron chi connectivity index (χ0n) is 8.25. The fourth-order valence-corrected chi connectivity index (χ4v) is 2.18. The van der Waals surface area contributed by atoms with Gasteiger partial charge in [0.05, 0.1) is 4.92 Å². The Bertz CT molecular complexity index is 385. The number of rotatable bonds is 1. The molecule has 1 aliphatic carbocycles. The summed E-state index contributed by atoms with van der Waals surface area (Å²) in [4.78, 5) is 10.7. The molecule has 0 aliphatic heterocycles. The molecule has 0 bridgehead atoms. The standard InChI is InChI=1S/C11H13NO2/c1-8-6-7-9-4-2-3-5-10(9)11(8)12(13)14/h6-7H,2-5H2,1H3. The monoisotopic (exact) mass is 191 g/mol. The highest BCUT2D eigenvalue weighted by Gasteiger charge is 2.22. The van der Waals surface area contributed by atoms with Gasteiger partial charge in [-0.15, -0.1) is 0 Å². The Morgan fingerprint density at radius 3 is 2.71 bits per heavy atom. The molecule has 0 radical (unpaired) electrons. The summed E-state index contributed by atoms with van der Waals surface area (Å²) in [5.41, 5.74) is 3.28. The molecule has 0 amide bonds. The first-order valence-electron chi connectivity index (χ1n) is 4.96. The van der Waals surface area contributed by atoms with Crippen LogP contribution in [0.2, 0.25) is 0 Å². The van der Waals surface area contributed by atoms with Crippen LogP contribution in [0.5, 0.6) is 0 Å². The Labute approximate surface area is 82.9 Å². The lowest BCUT2D eigenvalue weighted by Gasteiger charge is -2.16. The average Bonchev–Trinajstić information content (AvgIpc) is 2.17. The molecule has 0 heterocycles. The van der Waals surface area contributed by atoms with Crippen LogP contribution in [0, 0.1) is 17.0 Å². The molecule has 0 N–H and O–H groups in total. The van der Waals surface area contributed by atoms with Crippen LogP contribution in [0.3, 0.4) is 0 Å². The molecule has 0 aromatic heterocycles. The summed E-state index contributed by atoms with van der Waals surface area (Å²) in [5.74, 6) is 0. The van der Waals surface area contributed by atoms with Crippen molar-refractivity contribution >= 4 is 5.69 Å². The van der Waals surface area contributed by atoms with Crippen molar-refractivity contribution in [2.45, 2.75) is 32.6 Å². The first kappa shape index (κ1) is 9.19. The normalized spacial score (nSPS) is 14.9. The number of aryl methyl sites for hydroxylation is 2. The molecule has 1 aliphatic rings. The predicted molar refractivity (Wildman–Crippen MR) is 54.5 cm³/mol. The van der Waals surface area contributed by atoms with Gasteiger partial charge in [-0.3, -0.25) is 10.1 Å². The Morgan fingerprint density at radius 1 is 1.29 bits per heavy atom. The van der Waals surface area contributed by atoms with Crippen LogP contribution in [0.15, 0.2) is 12.1 Å². The van der Waals surface area contributed by atoms with Crippen LogP contribution in [-0.4, -0.2) is 4.92 Å². The van der Waals surface area contributed by atoms with Crippen molar-refractivity contribution < 1.29 is 4.92 Å². The van der Waals surface area contributed by atoms with Gasteiger partial charge < -0.3 is 0 Å². The summed E-state index contributed by atoms with van der Waals surface area (Å²) in [7, 11) is 0. The number of fused-ring (bicyclic) bond motifs is 1. The van der Waals surface area contributed by atoms with E-state index in [4.69, 9.17) is 0 Å². The van der Waals surface area contributed by atoms with Gasteiger partial charge in [0.15, 0.2) is 0 Å². The van der Waals surface area contributed by atoms with E-state index in [1.807, 2.05) is 19.1 Å². The molecule has 2 rings (SSSR count). The van der Waals surface area contributed by atoms with Crippen molar-refractivity contribution in [3.63, 3.8) is 0 Å². The van der Waals surface area contributed by atoms with Crippen LogP contribution in [-0.2, 0) is 12.8 Å². The molecule has 3 heteroatoms. The molecule has 1 aromatic carbocycles. The lowest BCUT2D eigenvalue weighted by molar-refractivity contribution is -0.386. The lowest BCUT2D eigenvalue weighted by Crippen LogP contribution is -2.07. The van der Waals surface area contributed by atoms with Gasteiger partial charge in [-0.25, -0.2) is 0 Å². The van der Waals surface area contributed by atoms with Gasteiger partial charge in [-0.1, -0.05) is 12.1 Å². The third-order valence-electron chi connectivity index (χ3n) is 2.89. The Kier molecular flexibility index (Phi) is 2.23. The van der Waals surface area contributed by atoms with Crippen molar-refractivity contribution in [1.82, 2.24) is 0 Å². The molecular formula is C11H13NO2. The third kappa shape index (κ3) is 1.39. The average molecular weight is 191 g/mol. The molecule has 0 saturated heterocycles. The Balaban J connectivity index is 2.60. The summed E-state index contributed by atoms with van der Waals surface area (Å²) in [6.07, 6.45) is 4.11. The number of nitro benzene ring substituents is 1. The van der Waals surface area contributed by atoms with Crippen LogP contribution in [0.25, 0.3) is 0 Å². The van der Waals surface area contributed by atoms with Crippen LogP contribution in [0.4, 0.5) is 5.69 Å². The van der Waals surface area contributed by atoms with E-state index in [0.717, 1.165) is 36.8 Å². The van der Waals surface area contributed by atoms with Crippen molar-refractivity contribution in [2.75, 3.05) is 0 Å². The van der Waals surface area contributed by atoms with Crippen molar-refractivity contribution in [2.24, 2.45) is 0 Å². The maximum Gasteiger partial charge on any atom is 0.275 e. The van der Waals surface area contributed by atoms with Gasteiger partial charge in [0.2, 0.25) is 0 Å². The number of nitrogens with zero attached hydrogens (tertiary/aromatic N) is 1. The number of hydrogen-bond acceptors (Lipinski definition) is 2. The van der Waals surface area contributed by atoms with E-state index in [9.17, 15) is 10.1 Å². The largest absolute Gasteiger partial charge is 0.275 e. The molecule has 0 unspecified atom stereocenters. The van der Waals surface area contributed by atoms with Crippen molar-refractivity contribution in [1.29, 1.82) is 0 Å². The summed E-state index contributed by atoms with van der Waals surface area (Å²) in [6, 6.07) is 3.90. The van der Waals surface area contributed by atoms with Gasteiger partial charge >= 0.3 is 0 Å². The van der Waals surface area contributed by atoms with E-state index in [1.165, 1.54) is 5.56 Å². The van der Waals surface area contributed by atoms with Crippen LogP contribution in [0.1, 0.15) is 29.5 Å².